The maximum absolute atomic E-state index is 11.2. The molecule has 0 unspecified atom stereocenters. The maximum atomic E-state index is 11.2. The summed E-state index contributed by atoms with van der Waals surface area (Å²) in [5, 5.41) is 0. The van der Waals surface area contributed by atoms with Gasteiger partial charge >= 0.3 is 6.07 Å². The van der Waals surface area contributed by atoms with Gasteiger partial charge in [-0.3, -0.25) is 0 Å². The second-order valence-electron chi connectivity index (χ2n) is 7.57. The molecule has 182 valence electrons. The molecule has 0 aliphatic rings. The van der Waals surface area contributed by atoms with Gasteiger partial charge in [-0.25, -0.2) is 4.57 Å². The number of ether oxygens (including phenoxy) is 3. The third-order valence-corrected chi connectivity index (χ3v) is 5.80. The summed E-state index contributed by atoms with van der Waals surface area (Å²) >= 11 is 10.8. The Balaban J connectivity index is 1.27. The smallest absolute Gasteiger partial charge is 0.428 e. The van der Waals surface area contributed by atoms with Gasteiger partial charge in [-0.2, -0.15) is 0 Å². The van der Waals surface area contributed by atoms with Crippen molar-refractivity contribution >= 4 is 28.6 Å². The molecule has 0 bridgehead atoms. The topological polar surface area (TPSA) is 54.0 Å². The summed E-state index contributed by atoms with van der Waals surface area (Å²) < 4.78 is 33.2. The van der Waals surface area contributed by atoms with Gasteiger partial charge in [0.1, 0.15) is 23.0 Å². The van der Waals surface area contributed by atoms with E-state index in [2.05, 4.69) is 24.3 Å². The largest absolute Gasteiger partial charge is 0.494 e. The number of benzene rings is 3. The highest BCUT2D eigenvalue weighted by Crippen LogP contribution is 2.57. The van der Waals surface area contributed by atoms with Crippen molar-refractivity contribution in [3.05, 3.63) is 72.8 Å². The van der Waals surface area contributed by atoms with Crippen molar-refractivity contribution in [2.45, 2.75) is 32.6 Å². The molecule has 3 rings (SSSR count). The number of rotatable bonds is 14. The van der Waals surface area contributed by atoms with E-state index in [1.165, 1.54) is 0 Å². The molecule has 0 aromatic heterocycles. The van der Waals surface area contributed by atoms with E-state index in [-0.39, 0.29) is 0 Å². The van der Waals surface area contributed by atoms with Gasteiger partial charge in [0.05, 0.1) is 19.8 Å². The molecule has 0 saturated heterocycles. The molecule has 0 spiro atoms. The van der Waals surface area contributed by atoms with Gasteiger partial charge in [-0.05, 0) is 92.3 Å². The van der Waals surface area contributed by atoms with E-state index < -0.39 is 6.07 Å². The van der Waals surface area contributed by atoms with Crippen LogP contribution in [0.25, 0.3) is 11.1 Å². The standard InChI is InChI=1S/C26H29Cl2O5P/c1-2-30-23-11-7-21(8-12-23)22-9-13-24(14-10-22)31-19-5-3-4-6-20-32-25-15-17-26(18-16-25)33-34(27,28)29/h7-18H,2-6,19-20H2,1H3. The Morgan fingerprint density at radius 1 is 0.588 bits per heavy atom. The van der Waals surface area contributed by atoms with E-state index >= 15 is 0 Å². The Kier molecular flexibility index (Phi) is 10.5. The first-order valence-corrected chi connectivity index (χ1v) is 14.7. The quantitative estimate of drug-likeness (QED) is 0.156. The van der Waals surface area contributed by atoms with E-state index in [0.717, 1.165) is 48.3 Å². The second-order valence-corrected chi connectivity index (χ2v) is 11.8. The highest BCUT2D eigenvalue weighted by Gasteiger charge is 2.15. The van der Waals surface area contributed by atoms with E-state index in [1.54, 1.807) is 24.3 Å². The highest BCUT2D eigenvalue weighted by molar-refractivity contribution is 8.05. The zero-order valence-electron chi connectivity index (χ0n) is 19.1. The van der Waals surface area contributed by atoms with E-state index in [1.807, 2.05) is 31.2 Å². The van der Waals surface area contributed by atoms with Crippen molar-refractivity contribution in [1.82, 2.24) is 0 Å². The number of hydrogen-bond donors (Lipinski definition) is 0. The predicted molar refractivity (Wildman–Crippen MR) is 139 cm³/mol. The summed E-state index contributed by atoms with van der Waals surface area (Å²) in [6, 6.07) is 23.0. The van der Waals surface area contributed by atoms with Gasteiger partial charge in [0, 0.05) is 22.5 Å². The fourth-order valence-electron chi connectivity index (χ4n) is 3.31. The predicted octanol–water partition coefficient (Wildman–Crippen LogP) is 8.74. The maximum Gasteiger partial charge on any atom is 0.428 e. The molecule has 0 aliphatic heterocycles. The zero-order valence-corrected chi connectivity index (χ0v) is 21.5. The first-order valence-electron chi connectivity index (χ1n) is 11.3. The summed E-state index contributed by atoms with van der Waals surface area (Å²) in [6.07, 6.45) is 0.479. The molecule has 0 amide bonds. The summed E-state index contributed by atoms with van der Waals surface area (Å²) in [7, 11) is 0. The molecule has 0 heterocycles. The Bertz CT molecular complexity index is 1030. The highest BCUT2D eigenvalue weighted by atomic mass is 35.9. The molecule has 3 aromatic rings. The summed E-state index contributed by atoms with van der Waals surface area (Å²) in [5.41, 5.74) is 2.30. The monoisotopic (exact) mass is 522 g/mol. The average molecular weight is 523 g/mol. The summed E-state index contributed by atoms with van der Waals surface area (Å²) in [5.74, 6) is 2.82. The van der Waals surface area contributed by atoms with Crippen LogP contribution in [0.1, 0.15) is 32.6 Å². The third-order valence-electron chi connectivity index (χ3n) is 4.96. The molecule has 0 N–H and O–H groups in total. The summed E-state index contributed by atoms with van der Waals surface area (Å²) in [6.45, 7) is 3.96. The Hall–Kier alpha value is -2.33. The lowest BCUT2D eigenvalue weighted by molar-refractivity contribution is 0.287. The molecule has 5 nitrogen and oxygen atoms in total. The van der Waals surface area contributed by atoms with Crippen molar-refractivity contribution < 1.29 is 23.3 Å². The average Bonchev–Trinajstić information content (AvgIpc) is 2.82. The van der Waals surface area contributed by atoms with Gasteiger partial charge in [-0.1, -0.05) is 24.3 Å². The van der Waals surface area contributed by atoms with Gasteiger partial charge in [-0.15, -0.1) is 0 Å². The molecular weight excluding hydrogens is 494 g/mol. The Morgan fingerprint density at radius 2 is 0.971 bits per heavy atom. The molecule has 3 aromatic carbocycles. The molecule has 0 saturated carbocycles. The van der Waals surface area contributed by atoms with E-state index in [9.17, 15) is 4.57 Å². The van der Waals surface area contributed by atoms with Crippen LogP contribution >= 0.6 is 28.6 Å². The van der Waals surface area contributed by atoms with Crippen LogP contribution in [0.2, 0.25) is 0 Å². The minimum absolute atomic E-state index is 0.339. The summed E-state index contributed by atoms with van der Waals surface area (Å²) in [4.78, 5) is 0. The first-order chi connectivity index (χ1) is 16.4. The SMILES string of the molecule is CCOc1ccc(-c2ccc(OCCCCCCOc3ccc(OP(=O)(Cl)Cl)cc3)cc2)cc1. The van der Waals surface area contributed by atoms with E-state index in [4.69, 9.17) is 41.2 Å². The van der Waals surface area contributed by atoms with Gasteiger partial charge < -0.3 is 18.7 Å². The third kappa shape index (κ3) is 9.50. The van der Waals surface area contributed by atoms with Gasteiger partial charge in [0.15, 0.2) is 0 Å². The molecular formula is C26H29Cl2O5P. The normalized spacial score (nSPS) is 11.1. The molecule has 8 heteroatoms. The van der Waals surface area contributed by atoms with Crippen LogP contribution in [0.3, 0.4) is 0 Å². The lowest BCUT2D eigenvalue weighted by atomic mass is 10.1. The van der Waals surface area contributed by atoms with Crippen LogP contribution in [0.4, 0.5) is 0 Å². The van der Waals surface area contributed by atoms with Crippen molar-refractivity contribution in [3.63, 3.8) is 0 Å². The zero-order chi connectivity index (χ0) is 24.2. The fourth-order valence-corrected chi connectivity index (χ4v) is 4.16. The first kappa shape index (κ1) is 26.3. The van der Waals surface area contributed by atoms with Crippen molar-refractivity contribution in [3.8, 4) is 34.1 Å². The van der Waals surface area contributed by atoms with Crippen LogP contribution in [0.5, 0.6) is 23.0 Å². The van der Waals surface area contributed by atoms with Crippen LogP contribution in [0, 0.1) is 0 Å². The van der Waals surface area contributed by atoms with Crippen LogP contribution < -0.4 is 18.7 Å². The van der Waals surface area contributed by atoms with E-state index in [0.29, 0.717) is 31.3 Å². The van der Waals surface area contributed by atoms with Crippen molar-refractivity contribution in [2.75, 3.05) is 19.8 Å². The van der Waals surface area contributed by atoms with Crippen LogP contribution in [0.15, 0.2) is 72.8 Å². The minimum Gasteiger partial charge on any atom is -0.494 e. The molecule has 0 atom stereocenters. The molecule has 0 aliphatic carbocycles. The van der Waals surface area contributed by atoms with Crippen LogP contribution in [-0.4, -0.2) is 19.8 Å². The van der Waals surface area contributed by atoms with Crippen molar-refractivity contribution in [2.24, 2.45) is 0 Å². The number of hydrogen-bond acceptors (Lipinski definition) is 5. The molecule has 0 fully saturated rings. The van der Waals surface area contributed by atoms with Crippen molar-refractivity contribution in [1.29, 1.82) is 0 Å². The lowest BCUT2D eigenvalue weighted by Crippen LogP contribution is -2.00. The molecule has 0 radical (unpaired) electrons. The Morgan fingerprint density at radius 3 is 1.38 bits per heavy atom. The van der Waals surface area contributed by atoms with Crippen LogP contribution in [-0.2, 0) is 4.57 Å². The minimum atomic E-state index is -3.59. The number of unbranched alkanes of at least 4 members (excludes halogenated alkanes) is 3. The second kappa shape index (κ2) is 13.5. The number of halogens is 2. The molecule has 34 heavy (non-hydrogen) atoms. The van der Waals surface area contributed by atoms with Gasteiger partial charge in [0.2, 0.25) is 0 Å². The fraction of sp³-hybridized carbons (Fsp3) is 0.308. The Labute approximate surface area is 210 Å². The lowest BCUT2D eigenvalue weighted by Gasteiger charge is -2.09. The van der Waals surface area contributed by atoms with Gasteiger partial charge in [0.25, 0.3) is 0 Å².